The second-order valence-corrected chi connectivity index (χ2v) is 6.94. The van der Waals surface area contributed by atoms with Gasteiger partial charge in [-0.05, 0) is 35.9 Å². The predicted octanol–water partition coefficient (Wildman–Crippen LogP) is 0.535. The molecular formula is C20H19N2O6+. The number of benzene rings is 2. The van der Waals surface area contributed by atoms with Crippen molar-refractivity contribution in [3.63, 3.8) is 0 Å². The van der Waals surface area contributed by atoms with Crippen LogP contribution in [-0.2, 0) is 22.7 Å². The van der Waals surface area contributed by atoms with Crippen LogP contribution in [0.5, 0.6) is 23.0 Å². The van der Waals surface area contributed by atoms with Gasteiger partial charge in [-0.15, -0.1) is 0 Å². The minimum atomic E-state index is -0.410. The third-order valence-corrected chi connectivity index (χ3v) is 5.13. The number of hydrogen-bond donors (Lipinski definition) is 1. The van der Waals surface area contributed by atoms with Crippen molar-refractivity contribution in [2.75, 3.05) is 13.6 Å². The Balaban J connectivity index is 1.23. The molecule has 0 aliphatic carbocycles. The van der Waals surface area contributed by atoms with Crippen LogP contribution < -0.4 is 24.3 Å². The summed E-state index contributed by atoms with van der Waals surface area (Å²) < 4.78 is 21.3. The molecular weight excluding hydrogens is 364 g/mol. The van der Waals surface area contributed by atoms with E-state index < -0.39 is 6.04 Å². The van der Waals surface area contributed by atoms with Gasteiger partial charge in [-0.2, -0.15) is 0 Å². The van der Waals surface area contributed by atoms with E-state index in [0.717, 1.165) is 16.9 Å². The summed E-state index contributed by atoms with van der Waals surface area (Å²) in [5.74, 6) is 2.44. The molecule has 0 bridgehead atoms. The largest absolute Gasteiger partial charge is 0.454 e. The van der Waals surface area contributed by atoms with E-state index in [4.69, 9.17) is 18.9 Å². The van der Waals surface area contributed by atoms with Crippen LogP contribution >= 0.6 is 0 Å². The van der Waals surface area contributed by atoms with Gasteiger partial charge in [0.15, 0.2) is 29.0 Å². The normalized spacial score (nSPS) is 19.6. The first kappa shape index (κ1) is 16.9. The Morgan fingerprint density at radius 3 is 2.18 bits per heavy atom. The molecule has 1 saturated heterocycles. The average Bonchev–Trinajstić information content (AvgIpc) is 3.41. The number of nitrogens with zero attached hydrogens (tertiary/aromatic N) is 1. The molecule has 0 radical (unpaired) electrons. The third-order valence-electron chi connectivity index (χ3n) is 5.13. The summed E-state index contributed by atoms with van der Waals surface area (Å²) in [4.78, 5) is 26.4. The van der Waals surface area contributed by atoms with Crippen LogP contribution in [-0.4, -0.2) is 36.3 Å². The molecule has 2 N–H and O–H groups in total. The number of rotatable bonds is 5. The van der Waals surface area contributed by atoms with E-state index >= 15 is 0 Å². The van der Waals surface area contributed by atoms with E-state index in [1.807, 2.05) is 35.6 Å². The number of hydrogen-bond acceptors (Lipinski definition) is 6. The highest BCUT2D eigenvalue weighted by Gasteiger charge is 2.41. The lowest BCUT2D eigenvalue weighted by Gasteiger charge is -2.14. The molecule has 2 aromatic rings. The molecule has 1 fully saturated rings. The summed E-state index contributed by atoms with van der Waals surface area (Å²) in [6.07, 6.45) is 0.202. The van der Waals surface area contributed by atoms with Gasteiger partial charge in [0.1, 0.15) is 6.54 Å². The van der Waals surface area contributed by atoms with Crippen LogP contribution in [0.1, 0.15) is 17.5 Å². The van der Waals surface area contributed by atoms with Gasteiger partial charge in [0.2, 0.25) is 19.5 Å². The SMILES string of the molecule is O=C1C[C@H]([NH2+]Cc2ccc3c(c2)OCO3)C(=O)N1Cc1ccc2c(c1)OCO2. The highest BCUT2D eigenvalue weighted by molar-refractivity contribution is 6.04. The second kappa shape index (κ2) is 6.72. The first-order valence-corrected chi connectivity index (χ1v) is 9.12. The van der Waals surface area contributed by atoms with Crippen molar-refractivity contribution in [1.29, 1.82) is 0 Å². The lowest BCUT2D eigenvalue weighted by molar-refractivity contribution is -0.690. The van der Waals surface area contributed by atoms with E-state index in [2.05, 4.69) is 0 Å². The van der Waals surface area contributed by atoms with Crippen LogP contribution in [0, 0.1) is 0 Å². The number of imide groups is 1. The average molecular weight is 383 g/mol. The molecule has 0 saturated carbocycles. The molecule has 2 aromatic carbocycles. The Hall–Kier alpha value is -3.26. The molecule has 28 heavy (non-hydrogen) atoms. The summed E-state index contributed by atoms with van der Waals surface area (Å²) in [5.41, 5.74) is 1.85. The molecule has 8 heteroatoms. The monoisotopic (exact) mass is 383 g/mol. The fourth-order valence-corrected chi connectivity index (χ4v) is 3.63. The minimum absolute atomic E-state index is 0.158. The maximum Gasteiger partial charge on any atom is 0.288 e. The fourth-order valence-electron chi connectivity index (χ4n) is 3.63. The van der Waals surface area contributed by atoms with Crippen molar-refractivity contribution in [2.24, 2.45) is 0 Å². The number of quaternary nitrogens is 1. The molecule has 3 heterocycles. The topological polar surface area (TPSA) is 90.9 Å². The summed E-state index contributed by atoms with van der Waals surface area (Å²) in [7, 11) is 0. The van der Waals surface area contributed by atoms with Crippen molar-refractivity contribution in [2.45, 2.75) is 25.6 Å². The predicted molar refractivity (Wildman–Crippen MR) is 94.7 cm³/mol. The highest BCUT2D eigenvalue weighted by Crippen LogP contribution is 2.33. The lowest BCUT2D eigenvalue weighted by atomic mass is 10.1. The van der Waals surface area contributed by atoms with Gasteiger partial charge in [-0.1, -0.05) is 6.07 Å². The molecule has 3 aliphatic rings. The second-order valence-electron chi connectivity index (χ2n) is 6.94. The van der Waals surface area contributed by atoms with Gasteiger partial charge in [0.05, 0.1) is 13.0 Å². The van der Waals surface area contributed by atoms with Gasteiger partial charge in [-0.3, -0.25) is 14.5 Å². The van der Waals surface area contributed by atoms with E-state index in [-0.39, 0.29) is 38.4 Å². The zero-order valence-electron chi connectivity index (χ0n) is 15.1. The van der Waals surface area contributed by atoms with Gasteiger partial charge < -0.3 is 24.3 Å². The van der Waals surface area contributed by atoms with Crippen molar-refractivity contribution in [1.82, 2.24) is 4.90 Å². The number of fused-ring (bicyclic) bond motifs is 2. The van der Waals surface area contributed by atoms with Crippen molar-refractivity contribution in [3.05, 3.63) is 47.5 Å². The van der Waals surface area contributed by atoms with Gasteiger partial charge in [0, 0.05) is 5.56 Å². The Morgan fingerprint density at radius 1 is 0.857 bits per heavy atom. The van der Waals surface area contributed by atoms with Crippen molar-refractivity contribution in [3.8, 4) is 23.0 Å². The molecule has 2 amide bonds. The summed E-state index contributed by atoms with van der Waals surface area (Å²) >= 11 is 0. The first-order valence-electron chi connectivity index (χ1n) is 9.12. The standard InChI is InChI=1S/C20H18N2O6/c23-19-7-14(21-8-12-1-3-15-17(5-12)27-10-25-15)20(24)22(19)9-13-2-4-16-18(6-13)28-11-26-16/h1-6,14,21H,7-11H2/p+1/t14-/m0/s1. The van der Waals surface area contributed by atoms with Crippen molar-refractivity contribution >= 4 is 11.8 Å². The zero-order valence-corrected chi connectivity index (χ0v) is 15.1. The number of carbonyl (C=O) groups excluding carboxylic acids is 2. The lowest BCUT2D eigenvalue weighted by Crippen LogP contribution is -2.90. The van der Waals surface area contributed by atoms with E-state index in [9.17, 15) is 9.59 Å². The number of ether oxygens (including phenoxy) is 4. The van der Waals surface area contributed by atoms with Gasteiger partial charge in [-0.25, -0.2) is 0 Å². The highest BCUT2D eigenvalue weighted by atomic mass is 16.7. The number of carbonyl (C=O) groups is 2. The van der Waals surface area contributed by atoms with Gasteiger partial charge in [0.25, 0.3) is 5.91 Å². The Kier molecular flexibility index (Phi) is 4.05. The Morgan fingerprint density at radius 2 is 1.46 bits per heavy atom. The van der Waals surface area contributed by atoms with E-state index in [0.29, 0.717) is 23.8 Å². The Labute approximate surface area is 160 Å². The summed E-state index contributed by atoms with van der Waals surface area (Å²) in [6, 6.07) is 10.8. The van der Waals surface area contributed by atoms with Crippen LogP contribution in [0.2, 0.25) is 0 Å². The summed E-state index contributed by atoms with van der Waals surface area (Å²) in [5, 5.41) is 1.90. The quantitative estimate of drug-likeness (QED) is 0.758. The Bertz CT molecular complexity index is 960. The number of amides is 2. The van der Waals surface area contributed by atoms with Crippen LogP contribution in [0.3, 0.4) is 0 Å². The maximum absolute atomic E-state index is 12.7. The van der Waals surface area contributed by atoms with E-state index in [1.54, 1.807) is 6.07 Å². The molecule has 0 spiro atoms. The van der Waals surface area contributed by atoms with Gasteiger partial charge >= 0.3 is 0 Å². The van der Waals surface area contributed by atoms with Crippen LogP contribution in [0.4, 0.5) is 0 Å². The molecule has 1 atom stereocenters. The zero-order chi connectivity index (χ0) is 19.1. The maximum atomic E-state index is 12.7. The third kappa shape index (κ3) is 3.01. The smallest absolute Gasteiger partial charge is 0.288 e. The molecule has 0 aromatic heterocycles. The molecule has 3 aliphatic heterocycles. The number of likely N-dealkylation sites (tertiary alicyclic amines) is 1. The van der Waals surface area contributed by atoms with Crippen LogP contribution in [0.15, 0.2) is 36.4 Å². The molecule has 144 valence electrons. The van der Waals surface area contributed by atoms with E-state index in [1.165, 1.54) is 4.90 Å². The molecule has 0 unspecified atom stereocenters. The molecule has 8 nitrogen and oxygen atoms in total. The molecule has 5 rings (SSSR count). The summed E-state index contributed by atoms with van der Waals surface area (Å²) in [6.45, 7) is 1.24. The first-order chi connectivity index (χ1) is 13.7. The minimum Gasteiger partial charge on any atom is -0.454 e. The fraction of sp³-hybridized carbons (Fsp3) is 0.300. The van der Waals surface area contributed by atoms with Crippen molar-refractivity contribution < 1.29 is 33.9 Å². The number of nitrogens with two attached hydrogens (primary N) is 1. The van der Waals surface area contributed by atoms with Crippen LogP contribution in [0.25, 0.3) is 0 Å².